The summed E-state index contributed by atoms with van der Waals surface area (Å²) < 4.78 is 16.4. The zero-order chi connectivity index (χ0) is 20.0. The molecule has 2 rings (SSSR count). The third-order valence-electron chi connectivity index (χ3n) is 3.84. The summed E-state index contributed by atoms with van der Waals surface area (Å²) in [6.45, 7) is 0. The lowest BCUT2D eigenvalue weighted by atomic mass is 10.1. The molecule has 0 aliphatic rings. The maximum Gasteiger partial charge on any atom is 0.271 e. The first-order valence-corrected chi connectivity index (χ1v) is 8.71. The predicted molar refractivity (Wildman–Crippen MR) is 104 cm³/mol. The van der Waals surface area contributed by atoms with E-state index in [1.807, 2.05) is 0 Å². The zero-order valence-electron chi connectivity index (χ0n) is 15.1. The smallest absolute Gasteiger partial charge is 0.271 e. The quantitative estimate of drug-likeness (QED) is 0.494. The van der Waals surface area contributed by atoms with Crippen LogP contribution in [0.5, 0.6) is 17.2 Å². The number of carbonyl (C=O) groups is 1. The Labute approximate surface area is 164 Å². The Morgan fingerprint density at radius 2 is 1.70 bits per heavy atom. The minimum Gasteiger partial charge on any atom is -0.495 e. The normalized spacial score (nSPS) is 10.2. The van der Waals surface area contributed by atoms with Crippen molar-refractivity contribution in [3.05, 3.63) is 50.5 Å². The van der Waals surface area contributed by atoms with Crippen LogP contribution in [0.2, 0.25) is 0 Å². The molecule has 0 heterocycles. The molecule has 144 valence electrons. The van der Waals surface area contributed by atoms with Gasteiger partial charge in [0.1, 0.15) is 5.75 Å². The number of anilines is 1. The van der Waals surface area contributed by atoms with E-state index < -0.39 is 4.92 Å². The van der Waals surface area contributed by atoms with Crippen LogP contribution in [-0.2, 0) is 11.2 Å². The number of nitrogens with zero attached hydrogens (tertiary/aromatic N) is 1. The number of carbonyl (C=O) groups excluding carboxylic acids is 1. The van der Waals surface area contributed by atoms with Gasteiger partial charge < -0.3 is 19.5 Å². The Kier molecular flexibility index (Phi) is 7.00. The van der Waals surface area contributed by atoms with Crippen molar-refractivity contribution < 1.29 is 23.9 Å². The topological polar surface area (TPSA) is 99.9 Å². The Hall–Kier alpha value is -2.81. The van der Waals surface area contributed by atoms with E-state index in [0.29, 0.717) is 23.7 Å². The third kappa shape index (κ3) is 5.10. The van der Waals surface area contributed by atoms with E-state index in [2.05, 4.69) is 21.2 Å². The van der Waals surface area contributed by atoms with Crippen LogP contribution in [0.25, 0.3) is 0 Å². The first-order chi connectivity index (χ1) is 12.9. The number of hydrogen-bond acceptors (Lipinski definition) is 6. The minimum atomic E-state index is -0.532. The second kappa shape index (κ2) is 9.22. The Morgan fingerprint density at radius 1 is 1.07 bits per heavy atom. The molecule has 0 atom stereocenters. The standard InChI is InChI=1S/C18H19BrN2O6/c1-25-15-6-5-12(21(23)24)9-14(15)20-18(22)7-4-11-8-16(26-2)17(27-3)10-13(11)19/h5-6,8-10H,4,7H2,1-3H3,(H,20,22). The summed E-state index contributed by atoms with van der Waals surface area (Å²) in [4.78, 5) is 22.7. The van der Waals surface area contributed by atoms with Crippen LogP contribution in [-0.4, -0.2) is 32.2 Å². The number of amides is 1. The van der Waals surface area contributed by atoms with Crippen molar-refractivity contribution in [3.8, 4) is 17.2 Å². The molecule has 0 aromatic heterocycles. The molecule has 8 nitrogen and oxygen atoms in total. The first kappa shape index (κ1) is 20.5. The number of halogens is 1. The summed E-state index contributed by atoms with van der Waals surface area (Å²) in [5.74, 6) is 1.20. The summed E-state index contributed by atoms with van der Waals surface area (Å²) in [5.41, 5.74) is 0.991. The molecule has 1 amide bonds. The number of benzene rings is 2. The highest BCUT2D eigenvalue weighted by molar-refractivity contribution is 9.10. The monoisotopic (exact) mass is 438 g/mol. The molecule has 0 radical (unpaired) electrons. The molecule has 0 unspecified atom stereocenters. The number of methoxy groups -OCH3 is 3. The second-order valence-electron chi connectivity index (χ2n) is 5.49. The van der Waals surface area contributed by atoms with Crippen LogP contribution in [0.3, 0.4) is 0 Å². The van der Waals surface area contributed by atoms with Crippen molar-refractivity contribution in [2.45, 2.75) is 12.8 Å². The molecule has 0 aliphatic heterocycles. The van der Waals surface area contributed by atoms with Crippen molar-refractivity contribution >= 4 is 33.2 Å². The van der Waals surface area contributed by atoms with Crippen LogP contribution in [0.1, 0.15) is 12.0 Å². The molecule has 0 saturated carbocycles. The number of ether oxygens (including phenoxy) is 3. The van der Waals surface area contributed by atoms with Gasteiger partial charge in [0.05, 0.1) is 31.9 Å². The molecule has 2 aromatic rings. The molecule has 27 heavy (non-hydrogen) atoms. The van der Waals surface area contributed by atoms with Crippen molar-refractivity contribution in [3.63, 3.8) is 0 Å². The SMILES string of the molecule is COc1ccc([N+](=O)[O-])cc1NC(=O)CCc1cc(OC)c(OC)cc1Br. The van der Waals surface area contributed by atoms with Crippen LogP contribution >= 0.6 is 15.9 Å². The van der Waals surface area contributed by atoms with E-state index in [1.165, 1.54) is 32.4 Å². The van der Waals surface area contributed by atoms with Crippen molar-refractivity contribution in [2.75, 3.05) is 26.6 Å². The van der Waals surface area contributed by atoms with Crippen LogP contribution in [0.15, 0.2) is 34.8 Å². The Morgan fingerprint density at radius 3 is 2.30 bits per heavy atom. The Bertz CT molecular complexity index is 856. The van der Waals surface area contributed by atoms with Gasteiger partial charge in [-0.05, 0) is 30.2 Å². The number of non-ortho nitro benzene ring substituents is 1. The number of rotatable bonds is 8. The maximum absolute atomic E-state index is 12.3. The van der Waals surface area contributed by atoms with Crippen molar-refractivity contribution in [1.82, 2.24) is 0 Å². The van der Waals surface area contributed by atoms with Gasteiger partial charge in [-0.1, -0.05) is 15.9 Å². The number of hydrogen-bond donors (Lipinski definition) is 1. The summed E-state index contributed by atoms with van der Waals surface area (Å²) >= 11 is 3.45. The fourth-order valence-electron chi connectivity index (χ4n) is 2.46. The lowest BCUT2D eigenvalue weighted by Crippen LogP contribution is -2.13. The number of nitrogens with one attached hydrogen (secondary N) is 1. The van der Waals surface area contributed by atoms with Crippen LogP contribution < -0.4 is 19.5 Å². The van der Waals surface area contributed by atoms with Gasteiger partial charge in [-0.2, -0.15) is 0 Å². The highest BCUT2D eigenvalue weighted by Gasteiger charge is 2.15. The Balaban J connectivity index is 2.11. The molecule has 0 bridgehead atoms. The van der Waals surface area contributed by atoms with Gasteiger partial charge in [-0.25, -0.2) is 0 Å². The highest BCUT2D eigenvalue weighted by Crippen LogP contribution is 2.34. The van der Waals surface area contributed by atoms with Gasteiger partial charge in [0.15, 0.2) is 11.5 Å². The highest BCUT2D eigenvalue weighted by atomic mass is 79.9. The van der Waals surface area contributed by atoms with Gasteiger partial charge >= 0.3 is 0 Å². The molecule has 9 heteroatoms. The maximum atomic E-state index is 12.3. The average molecular weight is 439 g/mol. The van der Waals surface area contributed by atoms with Crippen LogP contribution in [0, 0.1) is 10.1 Å². The van der Waals surface area contributed by atoms with Gasteiger partial charge in [-0.3, -0.25) is 14.9 Å². The second-order valence-corrected chi connectivity index (χ2v) is 6.34. The van der Waals surface area contributed by atoms with Gasteiger partial charge in [-0.15, -0.1) is 0 Å². The number of nitro groups is 1. The van der Waals surface area contributed by atoms with E-state index in [4.69, 9.17) is 14.2 Å². The lowest BCUT2D eigenvalue weighted by Gasteiger charge is -2.13. The molecule has 0 fully saturated rings. The molecule has 0 saturated heterocycles. The summed E-state index contributed by atoms with van der Waals surface area (Å²) in [6, 6.07) is 7.59. The van der Waals surface area contributed by atoms with E-state index >= 15 is 0 Å². The summed E-state index contributed by atoms with van der Waals surface area (Å²) in [7, 11) is 4.51. The fraction of sp³-hybridized carbons (Fsp3) is 0.278. The average Bonchev–Trinajstić information content (AvgIpc) is 2.66. The van der Waals surface area contributed by atoms with Gasteiger partial charge in [0.2, 0.25) is 5.91 Å². The summed E-state index contributed by atoms with van der Waals surface area (Å²) in [6.07, 6.45) is 0.601. The lowest BCUT2D eigenvalue weighted by molar-refractivity contribution is -0.384. The minimum absolute atomic E-state index is 0.131. The predicted octanol–water partition coefficient (Wildman–Crippen LogP) is 3.95. The molecular weight excluding hydrogens is 420 g/mol. The van der Waals surface area contributed by atoms with E-state index in [9.17, 15) is 14.9 Å². The first-order valence-electron chi connectivity index (χ1n) is 7.92. The zero-order valence-corrected chi connectivity index (χ0v) is 16.7. The molecule has 1 N–H and O–H groups in total. The van der Waals surface area contributed by atoms with E-state index in [1.54, 1.807) is 19.2 Å². The largest absolute Gasteiger partial charge is 0.495 e. The number of nitro benzene ring substituents is 1. The van der Waals surface area contributed by atoms with E-state index in [0.717, 1.165) is 10.0 Å². The fourth-order valence-corrected chi connectivity index (χ4v) is 2.98. The summed E-state index contributed by atoms with van der Waals surface area (Å²) in [5, 5.41) is 13.6. The van der Waals surface area contributed by atoms with Crippen molar-refractivity contribution in [2.24, 2.45) is 0 Å². The molecule has 0 spiro atoms. The molecule has 0 aliphatic carbocycles. The molecular formula is C18H19BrN2O6. The van der Waals surface area contributed by atoms with Crippen LogP contribution in [0.4, 0.5) is 11.4 Å². The van der Waals surface area contributed by atoms with Gasteiger partial charge in [0.25, 0.3) is 5.69 Å². The number of aryl methyl sites for hydroxylation is 1. The van der Waals surface area contributed by atoms with Gasteiger partial charge in [0, 0.05) is 23.0 Å². The van der Waals surface area contributed by atoms with E-state index in [-0.39, 0.29) is 23.7 Å². The van der Waals surface area contributed by atoms with Crippen molar-refractivity contribution in [1.29, 1.82) is 0 Å². The molecule has 2 aromatic carbocycles. The third-order valence-corrected chi connectivity index (χ3v) is 4.58.